The van der Waals surface area contributed by atoms with E-state index in [-0.39, 0.29) is 0 Å². The van der Waals surface area contributed by atoms with E-state index in [1.807, 2.05) is 23.0 Å². The summed E-state index contributed by atoms with van der Waals surface area (Å²) in [6, 6.07) is 17.0. The van der Waals surface area contributed by atoms with Gasteiger partial charge in [-0.3, -0.25) is 0 Å². The van der Waals surface area contributed by atoms with Gasteiger partial charge in [0, 0.05) is 24.7 Å². The van der Waals surface area contributed by atoms with Crippen LogP contribution < -0.4 is 10.2 Å². The molecule has 0 bridgehead atoms. The zero-order valence-electron chi connectivity index (χ0n) is 18.6. The number of rotatable bonds is 7. The maximum atomic E-state index is 4.79. The Bertz CT molecular complexity index is 1290. The molecule has 166 valence electrons. The van der Waals surface area contributed by atoms with Gasteiger partial charge in [0.15, 0.2) is 0 Å². The normalized spacial score (nSPS) is 15.4. The highest BCUT2D eigenvalue weighted by Gasteiger charge is 2.23. The number of pyridine rings is 1. The number of anilines is 2. The Kier molecular flexibility index (Phi) is 4.97. The standard InChI is InChI=1S/C25H26N8/c1-17-5-2-6-18(13-17)21-14-22(29-25(28-21)27-19-9-10-19)23-16-33(31-30-23)15-20-7-3-8-24(26-20)32-11-4-12-32/h2-3,5-8,13-14,16,19H,4,9-12,15H2,1H3,(H,27,28,29). The van der Waals surface area contributed by atoms with Crippen molar-refractivity contribution in [3.05, 3.63) is 66.0 Å². The molecule has 2 fully saturated rings. The van der Waals surface area contributed by atoms with Crippen molar-refractivity contribution in [2.24, 2.45) is 0 Å². The minimum absolute atomic E-state index is 0.464. The average molecular weight is 439 g/mol. The van der Waals surface area contributed by atoms with Crippen molar-refractivity contribution in [2.45, 2.75) is 38.8 Å². The van der Waals surface area contributed by atoms with Crippen molar-refractivity contribution < 1.29 is 0 Å². The Hall–Kier alpha value is -3.81. The van der Waals surface area contributed by atoms with Crippen molar-refractivity contribution >= 4 is 11.8 Å². The van der Waals surface area contributed by atoms with Gasteiger partial charge in [-0.2, -0.15) is 0 Å². The third-order valence-electron chi connectivity index (χ3n) is 6.05. The van der Waals surface area contributed by atoms with Gasteiger partial charge in [0.1, 0.15) is 11.5 Å². The first-order valence-corrected chi connectivity index (χ1v) is 11.5. The highest BCUT2D eigenvalue weighted by Crippen LogP contribution is 2.28. The highest BCUT2D eigenvalue weighted by atomic mass is 15.4. The molecule has 0 spiro atoms. The monoisotopic (exact) mass is 438 g/mol. The fourth-order valence-corrected chi connectivity index (χ4v) is 3.94. The van der Waals surface area contributed by atoms with Gasteiger partial charge in [0.2, 0.25) is 5.95 Å². The topological polar surface area (TPSA) is 84.7 Å². The van der Waals surface area contributed by atoms with Crippen molar-refractivity contribution in [2.75, 3.05) is 23.3 Å². The van der Waals surface area contributed by atoms with Crippen LogP contribution in [-0.2, 0) is 6.54 Å². The first kappa shape index (κ1) is 19.8. The molecule has 6 rings (SSSR count). The Morgan fingerprint density at radius 3 is 2.58 bits per heavy atom. The Morgan fingerprint density at radius 2 is 1.79 bits per heavy atom. The number of aryl methyl sites for hydroxylation is 1. The summed E-state index contributed by atoms with van der Waals surface area (Å²) in [6.45, 7) is 4.82. The van der Waals surface area contributed by atoms with Crippen molar-refractivity contribution in [3.8, 4) is 22.6 Å². The average Bonchev–Trinajstić information content (AvgIpc) is 3.47. The van der Waals surface area contributed by atoms with Crippen LogP contribution in [0.2, 0.25) is 0 Å². The summed E-state index contributed by atoms with van der Waals surface area (Å²) in [5.74, 6) is 1.68. The third-order valence-corrected chi connectivity index (χ3v) is 6.05. The lowest BCUT2D eigenvalue weighted by Crippen LogP contribution is -2.37. The van der Waals surface area contributed by atoms with Gasteiger partial charge in [-0.1, -0.05) is 35.0 Å². The first-order valence-electron chi connectivity index (χ1n) is 11.5. The molecule has 4 heterocycles. The highest BCUT2D eigenvalue weighted by molar-refractivity contribution is 5.68. The van der Waals surface area contributed by atoms with Crippen LogP contribution in [0.4, 0.5) is 11.8 Å². The van der Waals surface area contributed by atoms with Crippen molar-refractivity contribution in [1.29, 1.82) is 0 Å². The second-order valence-corrected chi connectivity index (χ2v) is 8.88. The van der Waals surface area contributed by atoms with E-state index >= 15 is 0 Å². The molecule has 1 aliphatic heterocycles. The summed E-state index contributed by atoms with van der Waals surface area (Å²) in [7, 11) is 0. The van der Waals surface area contributed by atoms with E-state index in [9.17, 15) is 0 Å². The Morgan fingerprint density at radius 1 is 0.939 bits per heavy atom. The molecule has 1 saturated heterocycles. The summed E-state index contributed by atoms with van der Waals surface area (Å²) in [5.41, 5.74) is 5.60. The second kappa shape index (κ2) is 8.27. The minimum Gasteiger partial charge on any atom is -0.356 e. The van der Waals surface area contributed by atoms with E-state index in [1.54, 1.807) is 0 Å². The predicted octanol–water partition coefficient (Wildman–Crippen LogP) is 3.94. The molecule has 0 amide bonds. The van der Waals surface area contributed by atoms with Crippen LogP contribution in [-0.4, -0.2) is 49.1 Å². The number of hydrogen-bond donors (Lipinski definition) is 1. The van der Waals surface area contributed by atoms with Crippen LogP contribution in [0.15, 0.2) is 54.7 Å². The van der Waals surface area contributed by atoms with Crippen LogP contribution in [0.3, 0.4) is 0 Å². The minimum atomic E-state index is 0.464. The van der Waals surface area contributed by atoms with E-state index in [0.29, 0.717) is 18.5 Å². The molecule has 0 atom stereocenters. The SMILES string of the molecule is Cc1cccc(-c2cc(-c3cn(Cc4cccc(N5CCC5)n4)nn3)nc(NC3CC3)n2)c1. The summed E-state index contributed by atoms with van der Waals surface area (Å²) < 4.78 is 1.82. The number of aromatic nitrogens is 6. The van der Waals surface area contributed by atoms with Crippen molar-refractivity contribution in [1.82, 2.24) is 29.9 Å². The fraction of sp³-hybridized carbons (Fsp3) is 0.320. The lowest BCUT2D eigenvalue weighted by Gasteiger charge is -2.32. The lowest BCUT2D eigenvalue weighted by molar-refractivity contribution is 0.601. The van der Waals surface area contributed by atoms with Gasteiger partial charge in [-0.15, -0.1) is 5.10 Å². The molecule has 1 aromatic carbocycles. The first-order chi connectivity index (χ1) is 16.2. The van der Waals surface area contributed by atoms with E-state index in [4.69, 9.17) is 15.0 Å². The maximum Gasteiger partial charge on any atom is 0.224 e. The van der Waals surface area contributed by atoms with Crippen molar-refractivity contribution in [3.63, 3.8) is 0 Å². The van der Waals surface area contributed by atoms with E-state index < -0.39 is 0 Å². The predicted molar refractivity (Wildman–Crippen MR) is 128 cm³/mol. The summed E-state index contributed by atoms with van der Waals surface area (Å²) in [4.78, 5) is 16.6. The van der Waals surface area contributed by atoms with Gasteiger partial charge in [-0.25, -0.2) is 19.6 Å². The lowest BCUT2D eigenvalue weighted by atomic mass is 10.1. The van der Waals surface area contributed by atoms with Gasteiger partial charge in [-0.05, 0) is 50.5 Å². The largest absolute Gasteiger partial charge is 0.356 e. The molecule has 4 aromatic rings. The molecular formula is C25H26N8. The van der Waals surface area contributed by atoms with Crippen LogP contribution in [0, 0.1) is 6.92 Å². The van der Waals surface area contributed by atoms with Crippen LogP contribution in [0.25, 0.3) is 22.6 Å². The molecule has 1 saturated carbocycles. The summed E-state index contributed by atoms with van der Waals surface area (Å²) >= 11 is 0. The molecule has 1 aliphatic carbocycles. The third kappa shape index (κ3) is 4.41. The molecule has 1 N–H and O–H groups in total. The number of nitrogens with zero attached hydrogens (tertiary/aromatic N) is 7. The van der Waals surface area contributed by atoms with Crippen LogP contribution in [0.5, 0.6) is 0 Å². The Labute approximate surface area is 192 Å². The summed E-state index contributed by atoms with van der Waals surface area (Å²) in [5, 5.41) is 12.2. The summed E-state index contributed by atoms with van der Waals surface area (Å²) in [6.07, 6.45) is 5.49. The fourth-order valence-electron chi connectivity index (χ4n) is 3.94. The zero-order valence-corrected chi connectivity index (χ0v) is 18.6. The number of nitrogens with one attached hydrogen (secondary N) is 1. The molecule has 0 radical (unpaired) electrons. The van der Waals surface area contributed by atoms with Gasteiger partial charge < -0.3 is 10.2 Å². The molecule has 8 heteroatoms. The Balaban J connectivity index is 1.29. The van der Waals surface area contributed by atoms with E-state index in [1.165, 1.54) is 12.0 Å². The number of benzene rings is 1. The van der Waals surface area contributed by atoms with Crippen LogP contribution in [0.1, 0.15) is 30.5 Å². The quantitative estimate of drug-likeness (QED) is 0.468. The van der Waals surface area contributed by atoms with Gasteiger partial charge in [0.05, 0.1) is 29.8 Å². The molecule has 33 heavy (non-hydrogen) atoms. The van der Waals surface area contributed by atoms with Gasteiger partial charge >= 0.3 is 0 Å². The molecular weight excluding hydrogens is 412 g/mol. The van der Waals surface area contributed by atoms with Gasteiger partial charge in [0.25, 0.3) is 0 Å². The molecule has 2 aliphatic rings. The van der Waals surface area contributed by atoms with Crippen LogP contribution >= 0.6 is 0 Å². The smallest absolute Gasteiger partial charge is 0.224 e. The van der Waals surface area contributed by atoms with E-state index in [2.05, 4.69) is 63.9 Å². The maximum absolute atomic E-state index is 4.79. The van der Waals surface area contributed by atoms with E-state index in [0.717, 1.165) is 60.1 Å². The molecule has 8 nitrogen and oxygen atoms in total. The second-order valence-electron chi connectivity index (χ2n) is 8.88. The molecule has 0 unspecified atom stereocenters. The molecule has 3 aromatic heterocycles. The zero-order chi connectivity index (χ0) is 22.2. The number of hydrogen-bond acceptors (Lipinski definition) is 7.